The topological polar surface area (TPSA) is 37.3 Å². The molecule has 0 aromatic heterocycles. The molecule has 1 atom stereocenters. The molecule has 1 rings (SSSR count). The summed E-state index contributed by atoms with van der Waals surface area (Å²) < 4.78 is 0. The molecular weight excluding hydrogens is 248 g/mol. The van der Waals surface area contributed by atoms with Crippen LogP contribution in [0.2, 0.25) is 0 Å². The summed E-state index contributed by atoms with van der Waals surface area (Å²) in [5, 5.41) is 9.65. The first-order chi connectivity index (χ1) is 9.38. The summed E-state index contributed by atoms with van der Waals surface area (Å²) in [5.41, 5.74) is 0.164. The highest BCUT2D eigenvalue weighted by molar-refractivity contribution is 6.04. The van der Waals surface area contributed by atoms with Crippen molar-refractivity contribution in [2.45, 2.75) is 52.1 Å². The van der Waals surface area contributed by atoms with Gasteiger partial charge in [0.2, 0.25) is 0 Å². The minimum Gasteiger partial charge on any atom is -0.390 e. The summed E-state index contributed by atoms with van der Waals surface area (Å²) >= 11 is 0. The van der Waals surface area contributed by atoms with E-state index < -0.39 is 5.60 Å². The molecule has 0 radical (unpaired) electrons. The fraction of sp³-hybridized carbons (Fsp3) is 0.500. The van der Waals surface area contributed by atoms with Crippen LogP contribution in [0.1, 0.15) is 56.8 Å². The minimum absolute atomic E-state index is 0.0642. The summed E-state index contributed by atoms with van der Waals surface area (Å²) in [6.45, 7) is 5.87. The Morgan fingerprint density at radius 3 is 2.55 bits per heavy atom. The number of aliphatic hydroxyl groups is 1. The van der Waals surface area contributed by atoms with Crippen LogP contribution in [0.25, 0.3) is 0 Å². The predicted molar refractivity (Wildman–Crippen MR) is 83.8 cm³/mol. The largest absolute Gasteiger partial charge is 0.390 e. The number of hydrogen-bond donors (Lipinski definition) is 1. The van der Waals surface area contributed by atoms with E-state index in [0.29, 0.717) is 5.92 Å². The molecule has 0 heterocycles. The Morgan fingerprint density at radius 1 is 1.30 bits per heavy atom. The molecule has 0 aliphatic rings. The fourth-order valence-electron chi connectivity index (χ4n) is 2.11. The minimum atomic E-state index is -0.571. The highest BCUT2D eigenvalue weighted by atomic mass is 16.3. The lowest BCUT2D eigenvalue weighted by molar-refractivity contribution is 0.0670. The van der Waals surface area contributed by atoms with Crippen LogP contribution in [0.5, 0.6) is 0 Å². The van der Waals surface area contributed by atoms with Crippen LogP contribution in [0, 0.1) is 5.92 Å². The predicted octanol–water partition coefficient (Wildman–Crippen LogP) is 4.39. The molecule has 1 aromatic carbocycles. The maximum Gasteiger partial charge on any atom is 0.185 e. The second kappa shape index (κ2) is 8.01. The lowest BCUT2D eigenvalue weighted by atomic mass is 9.95. The van der Waals surface area contributed by atoms with E-state index in [1.54, 1.807) is 6.08 Å². The Morgan fingerprint density at radius 2 is 1.95 bits per heavy atom. The van der Waals surface area contributed by atoms with Crippen LogP contribution in [-0.4, -0.2) is 16.5 Å². The van der Waals surface area contributed by atoms with Gasteiger partial charge < -0.3 is 5.11 Å². The zero-order chi connectivity index (χ0) is 15.0. The van der Waals surface area contributed by atoms with Crippen LogP contribution < -0.4 is 0 Å². The molecule has 2 heteroatoms. The normalized spacial score (nSPS) is 13.6. The van der Waals surface area contributed by atoms with E-state index in [1.165, 1.54) is 0 Å². The van der Waals surface area contributed by atoms with Crippen molar-refractivity contribution in [3.63, 3.8) is 0 Å². The van der Waals surface area contributed by atoms with Crippen molar-refractivity contribution >= 4 is 5.78 Å². The average molecular weight is 274 g/mol. The summed E-state index contributed by atoms with van der Waals surface area (Å²) in [6.07, 6.45) is 7.46. The number of ketones is 1. The van der Waals surface area contributed by atoms with Gasteiger partial charge in [-0.15, -0.1) is 0 Å². The van der Waals surface area contributed by atoms with E-state index in [2.05, 4.69) is 6.92 Å². The van der Waals surface area contributed by atoms with E-state index in [4.69, 9.17) is 0 Å². The SMILES string of the molecule is C[C@@H](C/C=C/C(=O)c1ccccc1)CCCC(C)(C)O. The van der Waals surface area contributed by atoms with Crippen molar-refractivity contribution in [1.29, 1.82) is 0 Å². The van der Waals surface area contributed by atoms with Crippen molar-refractivity contribution in [2.24, 2.45) is 5.92 Å². The van der Waals surface area contributed by atoms with Gasteiger partial charge in [-0.05, 0) is 38.7 Å². The van der Waals surface area contributed by atoms with Crippen LogP contribution in [0.15, 0.2) is 42.5 Å². The Hall–Kier alpha value is -1.41. The van der Waals surface area contributed by atoms with Gasteiger partial charge in [-0.1, -0.05) is 56.2 Å². The molecule has 1 N–H and O–H groups in total. The molecule has 0 amide bonds. The number of carbonyl (C=O) groups is 1. The number of hydrogen-bond acceptors (Lipinski definition) is 2. The Kier molecular flexibility index (Phi) is 6.66. The third-order valence-corrected chi connectivity index (χ3v) is 3.35. The lowest BCUT2D eigenvalue weighted by Crippen LogP contribution is -2.18. The molecule has 0 saturated carbocycles. The highest BCUT2D eigenvalue weighted by Crippen LogP contribution is 2.18. The van der Waals surface area contributed by atoms with Crippen molar-refractivity contribution in [1.82, 2.24) is 0 Å². The summed E-state index contributed by atoms with van der Waals surface area (Å²) in [5.74, 6) is 0.603. The van der Waals surface area contributed by atoms with Gasteiger partial charge in [-0.25, -0.2) is 0 Å². The van der Waals surface area contributed by atoms with Gasteiger partial charge in [0.05, 0.1) is 5.60 Å². The zero-order valence-electron chi connectivity index (χ0n) is 12.8. The molecule has 1 aromatic rings. The third kappa shape index (κ3) is 7.25. The third-order valence-electron chi connectivity index (χ3n) is 3.35. The van der Waals surface area contributed by atoms with Gasteiger partial charge in [0.25, 0.3) is 0 Å². The smallest absolute Gasteiger partial charge is 0.185 e. The first-order valence-electron chi connectivity index (χ1n) is 7.37. The summed E-state index contributed by atoms with van der Waals surface area (Å²) in [6, 6.07) is 9.32. The Bertz CT molecular complexity index is 426. The van der Waals surface area contributed by atoms with E-state index in [0.717, 1.165) is 31.2 Å². The molecule has 0 bridgehead atoms. The molecule has 0 fully saturated rings. The second-order valence-corrected chi connectivity index (χ2v) is 6.18. The van der Waals surface area contributed by atoms with E-state index in [9.17, 15) is 9.90 Å². The van der Waals surface area contributed by atoms with Crippen LogP contribution >= 0.6 is 0 Å². The highest BCUT2D eigenvalue weighted by Gasteiger charge is 2.12. The Labute approximate surface area is 122 Å². The molecule has 2 nitrogen and oxygen atoms in total. The van der Waals surface area contributed by atoms with Gasteiger partial charge in [-0.2, -0.15) is 0 Å². The molecule has 20 heavy (non-hydrogen) atoms. The maximum absolute atomic E-state index is 11.9. The maximum atomic E-state index is 11.9. The van der Waals surface area contributed by atoms with Crippen LogP contribution in [-0.2, 0) is 0 Å². The van der Waals surface area contributed by atoms with Crippen LogP contribution in [0.4, 0.5) is 0 Å². The summed E-state index contributed by atoms with van der Waals surface area (Å²) in [7, 11) is 0. The van der Waals surface area contributed by atoms with E-state index >= 15 is 0 Å². The monoisotopic (exact) mass is 274 g/mol. The lowest BCUT2D eigenvalue weighted by Gasteiger charge is -2.17. The number of allylic oxidation sites excluding steroid dienone is 2. The number of benzene rings is 1. The van der Waals surface area contributed by atoms with Crippen molar-refractivity contribution < 1.29 is 9.90 Å². The number of carbonyl (C=O) groups excluding carboxylic acids is 1. The Balaban J connectivity index is 2.28. The van der Waals surface area contributed by atoms with Gasteiger partial charge in [0.15, 0.2) is 5.78 Å². The first-order valence-corrected chi connectivity index (χ1v) is 7.37. The fourth-order valence-corrected chi connectivity index (χ4v) is 2.11. The molecule has 0 aliphatic heterocycles. The quantitative estimate of drug-likeness (QED) is 0.564. The van der Waals surface area contributed by atoms with Crippen molar-refractivity contribution in [3.8, 4) is 0 Å². The van der Waals surface area contributed by atoms with Gasteiger partial charge in [0.1, 0.15) is 0 Å². The van der Waals surface area contributed by atoms with E-state index in [1.807, 2.05) is 50.3 Å². The first kappa shape index (κ1) is 16.6. The molecular formula is C18H26O2. The van der Waals surface area contributed by atoms with Crippen molar-refractivity contribution in [2.75, 3.05) is 0 Å². The second-order valence-electron chi connectivity index (χ2n) is 6.18. The standard InChI is InChI=1S/C18H26O2/c1-15(10-8-14-18(2,3)20)9-7-13-17(19)16-11-5-4-6-12-16/h4-7,11-13,15,20H,8-10,14H2,1-3H3/b13-7+/t15-/m0/s1. The van der Waals surface area contributed by atoms with Crippen LogP contribution in [0.3, 0.4) is 0 Å². The molecule has 0 saturated heterocycles. The van der Waals surface area contributed by atoms with Gasteiger partial charge >= 0.3 is 0 Å². The van der Waals surface area contributed by atoms with E-state index in [-0.39, 0.29) is 5.78 Å². The zero-order valence-corrected chi connectivity index (χ0v) is 12.8. The van der Waals surface area contributed by atoms with Gasteiger partial charge in [0, 0.05) is 5.56 Å². The van der Waals surface area contributed by atoms with Gasteiger partial charge in [-0.3, -0.25) is 4.79 Å². The van der Waals surface area contributed by atoms with Crippen molar-refractivity contribution in [3.05, 3.63) is 48.0 Å². The summed E-state index contributed by atoms with van der Waals surface area (Å²) in [4.78, 5) is 11.9. The molecule has 0 aliphatic carbocycles. The molecule has 0 spiro atoms. The number of rotatable bonds is 8. The molecule has 0 unspecified atom stereocenters. The molecule has 110 valence electrons. The average Bonchev–Trinajstić information content (AvgIpc) is 2.38.